The summed E-state index contributed by atoms with van der Waals surface area (Å²) in [6.07, 6.45) is 5.85. The highest BCUT2D eigenvalue weighted by molar-refractivity contribution is 5.34. The average molecular weight is 193 g/mol. The van der Waals surface area contributed by atoms with Crippen LogP contribution in [0.4, 0.5) is 10.1 Å². The molecule has 1 aromatic rings. The fourth-order valence-electron chi connectivity index (χ4n) is 1.06. The van der Waals surface area contributed by atoms with Crippen molar-refractivity contribution in [1.82, 2.24) is 0 Å². The van der Waals surface area contributed by atoms with Gasteiger partial charge in [-0.2, -0.15) is 0 Å². The van der Waals surface area contributed by atoms with Crippen LogP contribution in [0.5, 0.6) is 0 Å². The largest absolute Gasteiger partial charge is 0.272 e. The molecule has 0 bridgehead atoms. The standard InChI is InChI=1S/C10H8FNO2/c1-2-3-4-8-5-6-9(12(13)14)7-10(8)11/h1,5-7H,3-4H2. The van der Waals surface area contributed by atoms with E-state index in [1.165, 1.54) is 12.1 Å². The van der Waals surface area contributed by atoms with Crippen LogP contribution >= 0.6 is 0 Å². The van der Waals surface area contributed by atoms with Gasteiger partial charge in [-0.05, 0) is 18.1 Å². The van der Waals surface area contributed by atoms with Crippen LogP contribution in [0.2, 0.25) is 0 Å². The molecule has 0 saturated heterocycles. The second kappa shape index (κ2) is 4.38. The molecule has 0 heterocycles. The van der Waals surface area contributed by atoms with Gasteiger partial charge in [-0.15, -0.1) is 12.3 Å². The minimum absolute atomic E-state index is 0.244. The highest BCUT2D eigenvalue weighted by Gasteiger charge is 2.09. The fourth-order valence-corrected chi connectivity index (χ4v) is 1.06. The number of hydrogen-bond acceptors (Lipinski definition) is 2. The Labute approximate surface area is 80.7 Å². The third kappa shape index (κ3) is 2.30. The van der Waals surface area contributed by atoms with Gasteiger partial charge in [0.05, 0.1) is 11.0 Å². The Bertz CT molecular complexity index is 396. The molecular formula is C10H8FNO2. The van der Waals surface area contributed by atoms with E-state index in [1.54, 1.807) is 0 Å². The Morgan fingerprint density at radius 2 is 2.29 bits per heavy atom. The summed E-state index contributed by atoms with van der Waals surface area (Å²) in [5, 5.41) is 10.3. The zero-order valence-electron chi connectivity index (χ0n) is 7.37. The van der Waals surface area contributed by atoms with Gasteiger partial charge in [0.15, 0.2) is 0 Å². The van der Waals surface area contributed by atoms with E-state index in [4.69, 9.17) is 6.42 Å². The van der Waals surface area contributed by atoms with Crippen LogP contribution in [-0.2, 0) is 6.42 Å². The maximum atomic E-state index is 13.2. The lowest BCUT2D eigenvalue weighted by Gasteiger charge is -1.99. The minimum Gasteiger partial charge on any atom is -0.258 e. The van der Waals surface area contributed by atoms with E-state index in [2.05, 4.69) is 5.92 Å². The van der Waals surface area contributed by atoms with Gasteiger partial charge in [0.2, 0.25) is 0 Å². The van der Waals surface area contributed by atoms with Gasteiger partial charge in [-0.1, -0.05) is 0 Å². The summed E-state index contributed by atoms with van der Waals surface area (Å²) in [6.45, 7) is 0. The van der Waals surface area contributed by atoms with Crippen molar-refractivity contribution in [3.05, 3.63) is 39.7 Å². The van der Waals surface area contributed by atoms with E-state index in [9.17, 15) is 14.5 Å². The topological polar surface area (TPSA) is 43.1 Å². The van der Waals surface area contributed by atoms with Crippen molar-refractivity contribution in [2.24, 2.45) is 0 Å². The summed E-state index contributed by atoms with van der Waals surface area (Å²) in [4.78, 5) is 9.65. The Morgan fingerprint density at radius 1 is 1.57 bits per heavy atom. The Kier molecular flexibility index (Phi) is 3.19. The molecule has 0 aliphatic carbocycles. The summed E-state index contributed by atoms with van der Waals surface area (Å²) in [5.41, 5.74) is 0.167. The first-order chi connectivity index (χ1) is 6.65. The summed E-state index contributed by atoms with van der Waals surface area (Å²) >= 11 is 0. The third-order valence-corrected chi connectivity index (χ3v) is 1.79. The monoisotopic (exact) mass is 193 g/mol. The Hall–Kier alpha value is -1.89. The summed E-state index contributed by atoms with van der Waals surface area (Å²) in [5.74, 6) is 1.81. The van der Waals surface area contributed by atoms with Crippen molar-refractivity contribution < 1.29 is 9.31 Å². The van der Waals surface area contributed by atoms with Crippen molar-refractivity contribution in [1.29, 1.82) is 0 Å². The molecule has 1 rings (SSSR count). The molecule has 4 heteroatoms. The maximum absolute atomic E-state index is 13.2. The normalized spacial score (nSPS) is 9.43. The van der Waals surface area contributed by atoms with E-state index >= 15 is 0 Å². The molecule has 0 N–H and O–H groups in total. The molecule has 1 aromatic carbocycles. The molecular weight excluding hydrogens is 185 g/mol. The molecule has 0 fully saturated rings. The number of non-ortho nitro benzene ring substituents is 1. The number of nitro groups is 1. The second-order valence-corrected chi connectivity index (χ2v) is 2.74. The van der Waals surface area contributed by atoms with Gasteiger partial charge in [0.25, 0.3) is 5.69 Å². The van der Waals surface area contributed by atoms with Gasteiger partial charge >= 0.3 is 0 Å². The van der Waals surface area contributed by atoms with Crippen molar-refractivity contribution in [3.8, 4) is 12.3 Å². The zero-order chi connectivity index (χ0) is 10.6. The first-order valence-electron chi connectivity index (χ1n) is 4.01. The van der Waals surface area contributed by atoms with Crippen LogP contribution in [0.25, 0.3) is 0 Å². The summed E-state index contributed by atoms with van der Waals surface area (Å²) in [7, 11) is 0. The number of aryl methyl sites for hydroxylation is 1. The molecule has 0 aromatic heterocycles. The van der Waals surface area contributed by atoms with Gasteiger partial charge in [-0.25, -0.2) is 4.39 Å². The quantitative estimate of drug-likeness (QED) is 0.420. The second-order valence-electron chi connectivity index (χ2n) is 2.74. The molecule has 0 amide bonds. The molecule has 14 heavy (non-hydrogen) atoms. The number of halogens is 1. The summed E-state index contributed by atoms with van der Waals surface area (Å²) < 4.78 is 13.2. The average Bonchev–Trinajstić information content (AvgIpc) is 2.15. The predicted octanol–water partition coefficient (Wildman–Crippen LogP) is 2.30. The van der Waals surface area contributed by atoms with E-state index in [-0.39, 0.29) is 5.69 Å². The molecule has 0 aliphatic rings. The molecule has 0 atom stereocenters. The lowest BCUT2D eigenvalue weighted by atomic mass is 10.1. The van der Waals surface area contributed by atoms with Crippen molar-refractivity contribution >= 4 is 5.69 Å². The van der Waals surface area contributed by atoms with E-state index < -0.39 is 10.7 Å². The van der Waals surface area contributed by atoms with Crippen LogP contribution in [0, 0.1) is 28.3 Å². The van der Waals surface area contributed by atoms with E-state index in [0.717, 1.165) is 6.07 Å². The van der Waals surface area contributed by atoms with Gasteiger partial charge in [0.1, 0.15) is 5.82 Å². The van der Waals surface area contributed by atoms with Crippen LogP contribution in [-0.4, -0.2) is 4.92 Å². The Morgan fingerprint density at radius 3 is 2.79 bits per heavy atom. The number of hydrogen-bond donors (Lipinski definition) is 0. The maximum Gasteiger partial charge on any atom is 0.272 e. The number of nitro benzene ring substituents is 1. The summed E-state index contributed by atoms with van der Waals surface area (Å²) in [6, 6.07) is 3.57. The molecule has 0 radical (unpaired) electrons. The van der Waals surface area contributed by atoms with Crippen molar-refractivity contribution in [2.75, 3.05) is 0 Å². The first-order valence-corrected chi connectivity index (χ1v) is 4.01. The van der Waals surface area contributed by atoms with Crippen LogP contribution in [0.1, 0.15) is 12.0 Å². The lowest BCUT2D eigenvalue weighted by Crippen LogP contribution is -1.93. The number of rotatable bonds is 3. The fraction of sp³-hybridized carbons (Fsp3) is 0.200. The number of benzene rings is 1. The van der Waals surface area contributed by atoms with Gasteiger partial charge in [-0.3, -0.25) is 10.1 Å². The highest BCUT2D eigenvalue weighted by atomic mass is 19.1. The SMILES string of the molecule is C#CCCc1ccc([N+](=O)[O-])cc1F. The lowest BCUT2D eigenvalue weighted by molar-refractivity contribution is -0.385. The highest BCUT2D eigenvalue weighted by Crippen LogP contribution is 2.17. The van der Waals surface area contributed by atoms with Gasteiger partial charge in [0, 0.05) is 12.5 Å². The van der Waals surface area contributed by atoms with E-state index in [1.807, 2.05) is 0 Å². The number of terminal acetylenes is 1. The van der Waals surface area contributed by atoms with E-state index in [0.29, 0.717) is 18.4 Å². The Balaban J connectivity index is 2.91. The predicted molar refractivity (Wildman–Crippen MR) is 50.2 cm³/mol. The molecule has 3 nitrogen and oxygen atoms in total. The molecule has 0 aliphatic heterocycles. The van der Waals surface area contributed by atoms with Crippen molar-refractivity contribution in [3.63, 3.8) is 0 Å². The first kappa shape index (κ1) is 10.2. The third-order valence-electron chi connectivity index (χ3n) is 1.79. The molecule has 0 saturated carbocycles. The van der Waals surface area contributed by atoms with Crippen LogP contribution < -0.4 is 0 Å². The van der Waals surface area contributed by atoms with Crippen LogP contribution in [0.15, 0.2) is 18.2 Å². The minimum atomic E-state index is -0.631. The number of nitrogens with zero attached hydrogens (tertiary/aromatic N) is 1. The van der Waals surface area contributed by atoms with Crippen LogP contribution in [0.3, 0.4) is 0 Å². The molecule has 0 unspecified atom stereocenters. The van der Waals surface area contributed by atoms with Gasteiger partial charge < -0.3 is 0 Å². The molecule has 0 spiro atoms. The van der Waals surface area contributed by atoms with Crippen molar-refractivity contribution in [2.45, 2.75) is 12.8 Å². The smallest absolute Gasteiger partial charge is 0.258 e. The zero-order valence-corrected chi connectivity index (χ0v) is 7.37. The molecule has 72 valence electrons.